The summed E-state index contributed by atoms with van der Waals surface area (Å²) >= 11 is 11.7. The van der Waals surface area contributed by atoms with E-state index < -0.39 is 12.1 Å². The van der Waals surface area contributed by atoms with Gasteiger partial charge in [-0.25, -0.2) is 4.79 Å². The number of aliphatic carboxylic acids is 1. The summed E-state index contributed by atoms with van der Waals surface area (Å²) in [6.45, 7) is -0.371. The van der Waals surface area contributed by atoms with Crippen LogP contribution >= 0.6 is 23.2 Å². The molecule has 6 heteroatoms. The highest BCUT2D eigenvalue weighted by Gasteiger charge is 2.25. The van der Waals surface area contributed by atoms with E-state index in [1.54, 1.807) is 6.07 Å². The van der Waals surface area contributed by atoms with E-state index >= 15 is 0 Å². The van der Waals surface area contributed by atoms with Gasteiger partial charge in [-0.2, -0.15) is 0 Å². The Morgan fingerprint density at radius 1 is 1.38 bits per heavy atom. The van der Waals surface area contributed by atoms with Crippen LogP contribution in [-0.2, 0) is 9.53 Å². The van der Waals surface area contributed by atoms with Crippen molar-refractivity contribution in [2.24, 2.45) is 0 Å². The highest BCUT2D eigenvalue weighted by atomic mass is 35.5. The molecule has 0 spiro atoms. The lowest BCUT2D eigenvalue weighted by molar-refractivity contribution is -0.151. The SMILES string of the molecule is O=C(O)C(OCCO)c1c(Cl)cccc1Cl. The second-order valence-corrected chi connectivity index (χ2v) is 3.76. The fourth-order valence-electron chi connectivity index (χ4n) is 1.21. The van der Waals surface area contributed by atoms with Crippen molar-refractivity contribution in [1.29, 1.82) is 0 Å². The average molecular weight is 265 g/mol. The van der Waals surface area contributed by atoms with Crippen LogP contribution in [-0.4, -0.2) is 29.4 Å². The minimum absolute atomic E-state index is 0.0987. The summed E-state index contributed by atoms with van der Waals surface area (Å²) in [6.07, 6.45) is -1.27. The van der Waals surface area contributed by atoms with Crippen molar-refractivity contribution in [3.63, 3.8) is 0 Å². The van der Waals surface area contributed by atoms with Gasteiger partial charge in [-0.1, -0.05) is 29.3 Å². The van der Waals surface area contributed by atoms with Gasteiger partial charge in [0.2, 0.25) is 0 Å². The molecule has 1 aromatic rings. The Bertz CT molecular complexity index is 361. The number of hydrogen-bond donors (Lipinski definition) is 2. The third kappa shape index (κ3) is 3.09. The van der Waals surface area contributed by atoms with Crippen LogP contribution in [0.25, 0.3) is 0 Å². The standard InChI is InChI=1S/C10H10Cl2O4/c11-6-2-1-3-7(12)8(6)9(10(14)15)16-5-4-13/h1-3,9,13H,4-5H2,(H,14,15). The van der Waals surface area contributed by atoms with Crippen molar-refractivity contribution in [3.05, 3.63) is 33.8 Å². The van der Waals surface area contributed by atoms with Crippen LogP contribution in [0.3, 0.4) is 0 Å². The smallest absolute Gasteiger partial charge is 0.337 e. The second-order valence-electron chi connectivity index (χ2n) is 2.95. The summed E-state index contributed by atoms with van der Waals surface area (Å²) in [7, 11) is 0. The highest BCUT2D eigenvalue weighted by Crippen LogP contribution is 2.32. The first-order valence-corrected chi connectivity index (χ1v) is 5.22. The fourth-order valence-corrected chi connectivity index (χ4v) is 1.81. The van der Waals surface area contributed by atoms with E-state index in [9.17, 15) is 4.79 Å². The average Bonchev–Trinajstić information content (AvgIpc) is 2.21. The molecule has 88 valence electrons. The highest BCUT2D eigenvalue weighted by molar-refractivity contribution is 6.36. The molecule has 1 unspecified atom stereocenters. The van der Waals surface area contributed by atoms with Crippen LogP contribution < -0.4 is 0 Å². The quantitative estimate of drug-likeness (QED) is 0.855. The third-order valence-corrected chi connectivity index (χ3v) is 2.52. The molecular weight excluding hydrogens is 255 g/mol. The zero-order valence-electron chi connectivity index (χ0n) is 8.19. The summed E-state index contributed by atoms with van der Waals surface area (Å²) in [5, 5.41) is 18.0. The van der Waals surface area contributed by atoms with Crippen molar-refractivity contribution in [2.45, 2.75) is 6.10 Å². The molecule has 0 aliphatic rings. The number of benzene rings is 1. The van der Waals surface area contributed by atoms with E-state index in [1.165, 1.54) is 12.1 Å². The Morgan fingerprint density at radius 2 is 1.94 bits per heavy atom. The molecule has 0 bridgehead atoms. The molecule has 0 fully saturated rings. The maximum Gasteiger partial charge on any atom is 0.337 e. The number of carbonyl (C=O) groups is 1. The summed E-state index contributed by atoms with van der Waals surface area (Å²) in [6, 6.07) is 4.67. The number of hydrogen-bond acceptors (Lipinski definition) is 3. The van der Waals surface area contributed by atoms with Crippen molar-refractivity contribution in [3.8, 4) is 0 Å². The minimum atomic E-state index is -1.27. The molecule has 0 heterocycles. The van der Waals surface area contributed by atoms with Gasteiger partial charge in [0.1, 0.15) is 0 Å². The van der Waals surface area contributed by atoms with Gasteiger partial charge >= 0.3 is 5.97 Å². The molecule has 0 aliphatic carbocycles. The van der Waals surface area contributed by atoms with Crippen LogP contribution in [0, 0.1) is 0 Å². The predicted molar refractivity (Wildman–Crippen MR) is 59.9 cm³/mol. The fraction of sp³-hybridized carbons (Fsp3) is 0.300. The maximum atomic E-state index is 11.0. The predicted octanol–water partition coefficient (Wildman–Crippen LogP) is 2.13. The lowest BCUT2D eigenvalue weighted by Gasteiger charge is -2.15. The summed E-state index contributed by atoms with van der Waals surface area (Å²) in [5.74, 6) is -1.21. The van der Waals surface area contributed by atoms with Gasteiger partial charge in [-0.3, -0.25) is 0 Å². The van der Waals surface area contributed by atoms with E-state index in [1.807, 2.05) is 0 Å². The van der Waals surface area contributed by atoms with Gasteiger partial charge in [-0.15, -0.1) is 0 Å². The van der Waals surface area contributed by atoms with Crippen molar-refractivity contribution >= 4 is 29.2 Å². The van der Waals surface area contributed by atoms with Gasteiger partial charge in [0, 0.05) is 15.6 Å². The Kier molecular flexibility index (Phi) is 5.02. The minimum Gasteiger partial charge on any atom is -0.479 e. The molecular formula is C10H10Cl2O4. The van der Waals surface area contributed by atoms with E-state index in [0.29, 0.717) is 0 Å². The van der Waals surface area contributed by atoms with Gasteiger partial charge in [0.05, 0.1) is 13.2 Å². The molecule has 0 saturated heterocycles. The molecule has 4 nitrogen and oxygen atoms in total. The molecule has 16 heavy (non-hydrogen) atoms. The van der Waals surface area contributed by atoms with E-state index in [2.05, 4.69) is 0 Å². The van der Waals surface area contributed by atoms with Crippen molar-refractivity contribution in [1.82, 2.24) is 0 Å². The molecule has 1 rings (SSSR count). The first-order valence-electron chi connectivity index (χ1n) is 4.47. The second kappa shape index (κ2) is 6.06. The molecule has 0 aliphatic heterocycles. The number of rotatable bonds is 5. The van der Waals surface area contributed by atoms with Gasteiger partial charge in [0.25, 0.3) is 0 Å². The Hall–Kier alpha value is -0.810. The Balaban J connectivity index is 3.05. The molecule has 0 aromatic heterocycles. The van der Waals surface area contributed by atoms with Gasteiger partial charge < -0.3 is 14.9 Å². The Labute approximate surface area is 102 Å². The first-order chi connectivity index (χ1) is 7.57. The summed E-state index contributed by atoms with van der Waals surface area (Å²) in [4.78, 5) is 11.0. The first kappa shape index (κ1) is 13.3. The lowest BCUT2D eigenvalue weighted by Crippen LogP contribution is -2.18. The van der Waals surface area contributed by atoms with Crippen molar-refractivity contribution in [2.75, 3.05) is 13.2 Å². The molecule has 0 amide bonds. The number of carboxylic acids is 1. The maximum absolute atomic E-state index is 11.0. The zero-order chi connectivity index (χ0) is 12.1. The normalized spacial score (nSPS) is 12.4. The third-order valence-electron chi connectivity index (χ3n) is 1.86. The number of ether oxygens (including phenoxy) is 1. The number of aliphatic hydroxyl groups is 1. The van der Waals surface area contributed by atoms with Crippen LogP contribution in [0.5, 0.6) is 0 Å². The summed E-state index contributed by atoms with van der Waals surface area (Å²) < 4.78 is 4.98. The summed E-state index contributed by atoms with van der Waals surface area (Å²) in [5.41, 5.74) is 0.201. The van der Waals surface area contributed by atoms with Crippen molar-refractivity contribution < 1.29 is 19.7 Å². The van der Waals surface area contributed by atoms with E-state index in [4.69, 9.17) is 38.2 Å². The van der Waals surface area contributed by atoms with Gasteiger partial charge in [0.15, 0.2) is 6.10 Å². The van der Waals surface area contributed by atoms with E-state index in [0.717, 1.165) is 0 Å². The van der Waals surface area contributed by atoms with Crippen LogP contribution in [0.1, 0.15) is 11.7 Å². The van der Waals surface area contributed by atoms with Crippen LogP contribution in [0.2, 0.25) is 10.0 Å². The van der Waals surface area contributed by atoms with Gasteiger partial charge in [-0.05, 0) is 12.1 Å². The molecule has 2 N–H and O–H groups in total. The van der Waals surface area contributed by atoms with Crippen LogP contribution in [0.4, 0.5) is 0 Å². The molecule has 0 radical (unpaired) electrons. The zero-order valence-corrected chi connectivity index (χ0v) is 9.70. The molecule has 0 saturated carbocycles. The Morgan fingerprint density at radius 3 is 2.38 bits per heavy atom. The number of carboxylic acid groups (broad SMARTS) is 1. The lowest BCUT2D eigenvalue weighted by atomic mass is 10.1. The largest absolute Gasteiger partial charge is 0.479 e. The molecule has 1 aromatic carbocycles. The molecule has 1 atom stereocenters. The number of aliphatic hydroxyl groups excluding tert-OH is 1. The van der Waals surface area contributed by atoms with Crippen LogP contribution in [0.15, 0.2) is 18.2 Å². The topological polar surface area (TPSA) is 66.8 Å². The monoisotopic (exact) mass is 264 g/mol. The number of halogens is 2. The van der Waals surface area contributed by atoms with E-state index in [-0.39, 0.29) is 28.8 Å².